The average molecular weight is 560 g/mol. The van der Waals surface area contributed by atoms with E-state index in [1.165, 1.54) is 12.3 Å². The lowest BCUT2D eigenvalue weighted by atomic mass is 9.75. The number of para-hydroxylation sites is 1. The first kappa shape index (κ1) is 28.4. The number of ether oxygens (including phenoxy) is 1. The number of phenolic OH excluding ortho intramolecular Hbond substituents is 1. The van der Waals surface area contributed by atoms with Crippen LogP contribution in [-0.2, 0) is 11.2 Å². The normalized spacial score (nSPS) is 17.9. The molecule has 0 spiro atoms. The number of phenols is 1. The van der Waals surface area contributed by atoms with Crippen LogP contribution in [0.1, 0.15) is 76.8 Å². The largest absolute Gasteiger partial charge is 0.508 e. The molecule has 2 amide bonds. The number of anilines is 1. The van der Waals surface area contributed by atoms with Gasteiger partial charge in [-0.05, 0) is 56.3 Å². The summed E-state index contributed by atoms with van der Waals surface area (Å²) in [6.45, 7) is 7.71. The van der Waals surface area contributed by atoms with Gasteiger partial charge in [-0.15, -0.1) is 0 Å². The van der Waals surface area contributed by atoms with E-state index in [1.54, 1.807) is 37.3 Å². The number of ketones is 1. The second-order valence-electron chi connectivity index (χ2n) is 11.9. The number of hydrogen-bond acceptors (Lipinski definition) is 7. The van der Waals surface area contributed by atoms with E-state index in [2.05, 4.69) is 32.5 Å². The monoisotopic (exact) mass is 559 g/mol. The van der Waals surface area contributed by atoms with Crippen LogP contribution in [-0.4, -0.2) is 63.8 Å². The van der Waals surface area contributed by atoms with Gasteiger partial charge in [0.15, 0.2) is 5.78 Å². The molecule has 1 atom stereocenters. The minimum Gasteiger partial charge on any atom is -0.508 e. The lowest BCUT2D eigenvalue weighted by molar-refractivity contribution is -0.118. The van der Waals surface area contributed by atoms with Gasteiger partial charge >= 0.3 is 0 Å². The number of pyridine rings is 1. The number of hydrogen-bond donors (Lipinski definition) is 4. The molecule has 2 aliphatic rings. The summed E-state index contributed by atoms with van der Waals surface area (Å²) in [5.41, 5.74) is 2.50. The number of carbonyl (C=O) groups is 3. The number of carbonyl (C=O) groups excluding carboxylic acids is 3. The molecule has 216 valence electrons. The Kier molecular flexibility index (Phi) is 7.86. The minimum absolute atomic E-state index is 0.00482. The van der Waals surface area contributed by atoms with E-state index >= 15 is 0 Å². The molecule has 1 aliphatic carbocycles. The SMILES string of the molecule is Cc1c(C(=O)NC(C(=O)Nc2ccc(OC3CCN(C)CC3)nc2)c2ccccc2O)[nH]c2c1C(=O)CC(C)(C)C2. The highest BCUT2D eigenvalue weighted by atomic mass is 16.5. The molecule has 41 heavy (non-hydrogen) atoms. The summed E-state index contributed by atoms with van der Waals surface area (Å²) in [7, 11) is 2.09. The van der Waals surface area contributed by atoms with Crippen molar-refractivity contribution in [3.05, 3.63) is 70.7 Å². The summed E-state index contributed by atoms with van der Waals surface area (Å²) in [4.78, 5) is 49.6. The Labute approximate surface area is 239 Å². The van der Waals surface area contributed by atoms with Crippen LogP contribution in [0.15, 0.2) is 42.6 Å². The minimum atomic E-state index is -1.22. The smallest absolute Gasteiger partial charge is 0.268 e. The third-order valence-corrected chi connectivity index (χ3v) is 7.87. The van der Waals surface area contributed by atoms with Crippen molar-refractivity contribution in [2.45, 2.75) is 58.6 Å². The zero-order valence-electron chi connectivity index (χ0n) is 23.9. The van der Waals surface area contributed by atoms with Crippen molar-refractivity contribution < 1.29 is 24.2 Å². The molecule has 2 aromatic heterocycles. The molecule has 3 aromatic rings. The van der Waals surface area contributed by atoms with Crippen molar-refractivity contribution in [2.75, 3.05) is 25.5 Å². The van der Waals surface area contributed by atoms with Crippen LogP contribution in [0.25, 0.3) is 0 Å². The fourth-order valence-electron chi connectivity index (χ4n) is 5.69. The maximum atomic E-state index is 13.5. The Morgan fingerprint density at radius 3 is 2.56 bits per heavy atom. The van der Waals surface area contributed by atoms with Gasteiger partial charge < -0.3 is 30.4 Å². The first-order chi connectivity index (χ1) is 19.5. The van der Waals surface area contributed by atoms with E-state index < -0.39 is 17.9 Å². The van der Waals surface area contributed by atoms with E-state index in [0.29, 0.717) is 35.5 Å². The number of fused-ring (bicyclic) bond motifs is 1. The highest BCUT2D eigenvalue weighted by Crippen LogP contribution is 2.37. The van der Waals surface area contributed by atoms with Gasteiger partial charge in [-0.3, -0.25) is 14.4 Å². The van der Waals surface area contributed by atoms with Gasteiger partial charge in [0.2, 0.25) is 5.88 Å². The first-order valence-electron chi connectivity index (χ1n) is 14.0. The lowest BCUT2D eigenvalue weighted by Gasteiger charge is -2.28. The number of Topliss-reactive ketones (excluding diaryl/α,β-unsaturated/α-hetero) is 1. The quantitative estimate of drug-likeness (QED) is 0.341. The Hall–Kier alpha value is -4.18. The second-order valence-corrected chi connectivity index (χ2v) is 11.9. The molecule has 1 aromatic carbocycles. The van der Waals surface area contributed by atoms with Gasteiger partial charge in [0.05, 0.1) is 11.9 Å². The Bertz CT molecular complexity index is 1450. The van der Waals surface area contributed by atoms with Crippen LogP contribution in [0.2, 0.25) is 0 Å². The van der Waals surface area contributed by atoms with Crippen LogP contribution in [0, 0.1) is 12.3 Å². The van der Waals surface area contributed by atoms with E-state index in [0.717, 1.165) is 31.6 Å². The highest BCUT2D eigenvalue weighted by molar-refractivity contribution is 6.06. The molecular formula is C31H37N5O5. The highest BCUT2D eigenvalue weighted by Gasteiger charge is 2.36. The summed E-state index contributed by atoms with van der Waals surface area (Å²) < 4.78 is 6.00. The van der Waals surface area contributed by atoms with Crippen LogP contribution in [0.3, 0.4) is 0 Å². The summed E-state index contributed by atoms with van der Waals surface area (Å²) >= 11 is 0. The maximum Gasteiger partial charge on any atom is 0.268 e. The number of amides is 2. The summed E-state index contributed by atoms with van der Waals surface area (Å²) in [5.74, 6) is -0.767. The third kappa shape index (κ3) is 6.27. The molecule has 4 N–H and O–H groups in total. The number of aromatic hydroxyl groups is 1. The topological polar surface area (TPSA) is 137 Å². The molecule has 1 unspecified atom stereocenters. The van der Waals surface area contributed by atoms with Crippen molar-refractivity contribution in [2.24, 2.45) is 5.41 Å². The lowest BCUT2D eigenvalue weighted by Crippen LogP contribution is -2.37. The van der Waals surface area contributed by atoms with Gasteiger partial charge in [-0.2, -0.15) is 0 Å². The molecule has 0 bridgehead atoms. The van der Waals surface area contributed by atoms with E-state index in [9.17, 15) is 19.5 Å². The number of H-pyrrole nitrogens is 1. The van der Waals surface area contributed by atoms with Crippen molar-refractivity contribution in [3.8, 4) is 11.6 Å². The van der Waals surface area contributed by atoms with Crippen LogP contribution >= 0.6 is 0 Å². The first-order valence-corrected chi connectivity index (χ1v) is 14.0. The van der Waals surface area contributed by atoms with Gasteiger partial charge in [0.1, 0.15) is 23.6 Å². The predicted molar refractivity (Wildman–Crippen MR) is 154 cm³/mol. The molecule has 0 saturated carbocycles. The number of aromatic nitrogens is 2. The van der Waals surface area contributed by atoms with E-state index in [-0.39, 0.29) is 34.3 Å². The van der Waals surface area contributed by atoms with Gasteiger partial charge in [0, 0.05) is 42.4 Å². The third-order valence-electron chi connectivity index (χ3n) is 7.87. The van der Waals surface area contributed by atoms with Crippen molar-refractivity contribution in [3.63, 3.8) is 0 Å². The van der Waals surface area contributed by atoms with Gasteiger partial charge in [-0.25, -0.2) is 4.98 Å². The molecule has 10 heteroatoms. The van der Waals surface area contributed by atoms with Gasteiger partial charge in [-0.1, -0.05) is 32.0 Å². The predicted octanol–water partition coefficient (Wildman–Crippen LogP) is 4.16. The Balaban J connectivity index is 1.33. The summed E-state index contributed by atoms with van der Waals surface area (Å²) in [6.07, 6.45) is 4.49. The van der Waals surface area contributed by atoms with E-state index in [1.807, 2.05) is 13.8 Å². The van der Waals surface area contributed by atoms with Crippen LogP contribution in [0.5, 0.6) is 11.6 Å². The number of likely N-dealkylation sites (tertiary alicyclic amines) is 1. The molecule has 1 saturated heterocycles. The number of nitrogens with one attached hydrogen (secondary N) is 3. The zero-order chi connectivity index (χ0) is 29.3. The number of rotatable bonds is 7. The number of benzene rings is 1. The fraction of sp³-hybridized carbons (Fsp3) is 0.419. The Morgan fingerprint density at radius 1 is 1.15 bits per heavy atom. The summed E-state index contributed by atoms with van der Waals surface area (Å²) in [5, 5.41) is 16.1. The zero-order valence-corrected chi connectivity index (χ0v) is 23.9. The molecule has 10 nitrogen and oxygen atoms in total. The molecule has 3 heterocycles. The standard InChI is InChI=1S/C31H37N5O5/c1-18-26-22(15-31(2,3)16-24(26)38)34-27(18)29(39)35-28(21-7-5-6-8-23(21)37)30(40)33-19-9-10-25(32-17-19)41-20-11-13-36(4)14-12-20/h5-10,17,20,28,34,37H,11-16H2,1-4H3,(H,33,40)(H,35,39). The molecule has 5 rings (SSSR count). The summed E-state index contributed by atoms with van der Waals surface area (Å²) in [6, 6.07) is 8.53. The second kappa shape index (κ2) is 11.4. The molecule has 1 aliphatic heterocycles. The number of piperidine rings is 1. The molecular weight excluding hydrogens is 522 g/mol. The van der Waals surface area contributed by atoms with Gasteiger partial charge in [0.25, 0.3) is 11.8 Å². The number of aromatic amines is 1. The Morgan fingerprint density at radius 2 is 1.88 bits per heavy atom. The molecule has 1 fully saturated rings. The maximum absolute atomic E-state index is 13.5. The van der Waals surface area contributed by atoms with Crippen LogP contribution in [0.4, 0.5) is 5.69 Å². The average Bonchev–Trinajstić information content (AvgIpc) is 3.25. The van der Waals surface area contributed by atoms with Crippen molar-refractivity contribution >= 4 is 23.3 Å². The van der Waals surface area contributed by atoms with E-state index in [4.69, 9.17) is 4.74 Å². The molecule has 0 radical (unpaired) electrons. The fourth-order valence-corrected chi connectivity index (χ4v) is 5.69. The number of nitrogens with zero attached hydrogens (tertiary/aromatic N) is 2. The van der Waals surface area contributed by atoms with Crippen molar-refractivity contribution in [1.29, 1.82) is 0 Å². The van der Waals surface area contributed by atoms with Crippen molar-refractivity contribution in [1.82, 2.24) is 20.2 Å². The van der Waals surface area contributed by atoms with Crippen LogP contribution < -0.4 is 15.4 Å².